The van der Waals surface area contributed by atoms with Gasteiger partial charge in [-0.15, -0.1) is 0 Å². The first-order valence-electron chi connectivity index (χ1n) is 10.2. The number of piperidine rings is 1. The monoisotopic (exact) mass is 487 g/mol. The summed E-state index contributed by atoms with van der Waals surface area (Å²) in [6.45, 7) is 1.21. The lowest BCUT2D eigenvalue weighted by atomic mass is 9.84. The molecule has 0 radical (unpaired) electrons. The summed E-state index contributed by atoms with van der Waals surface area (Å²) in [6, 6.07) is 13.5. The van der Waals surface area contributed by atoms with E-state index in [1.165, 1.54) is 12.0 Å². The van der Waals surface area contributed by atoms with Crippen LogP contribution < -0.4 is 9.80 Å². The van der Waals surface area contributed by atoms with Gasteiger partial charge in [-0.2, -0.15) is 0 Å². The highest BCUT2D eigenvalue weighted by molar-refractivity contribution is 9.10. The first-order valence-corrected chi connectivity index (χ1v) is 11.0. The van der Waals surface area contributed by atoms with E-state index in [-0.39, 0.29) is 18.2 Å². The van der Waals surface area contributed by atoms with Crippen LogP contribution in [-0.4, -0.2) is 49.1 Å². The van der Waals surface area contributed by atoms with E-state index in [9.17, 15) is 19.5 Å². The lowest BCUT2D eigenvalue weighted by molar-refractivity contribution is -0.922. The zero-order chi connectivity index (χ0) is 22.2. The number of hydrogen-bond donors (Lipinski definition) is 2. The second-order valence-electron chi connectivity index (χ2n) is 8.06. The third-order valence-electron chi connectivity index (χ3n) is 6.29. The summed E-state index contributed by atoms with van der Waals surface area (Å²) in [7, 11) is 1.30. The molecule has 2 aromatic carbocycles. The number of rotatable bonds is 4. The van der Waals surface area contributed by atoms with Crippen LogP contribution in [0.1, 0.15) is 35.2 Å². The minimum Gasteiger partial charge on any atom is -0.465 e. The first kappa shape index (κ1) is 21.7. The third-order valence-corrected chi connectivity index (χ3v) is 6.82. The Hall–Kier alpha value is -2.55. The maximum atomic E-state index is 13.1. The number of esters is 1. The second-order valence-corrected chi connectivity index (χ2v) is 8.97. The van der Waals surface area contributed by atoms with E-state index in [2.05, 4.69) is 20.7 Å². The van der Waals surface area contributed by atoms with Crippen molar-refractivity contribution in [1.29, 1.82) is 0 Å². The number of ether oxygens (including phenoxy) is 1. The molecule has 2 aromatic rings. The standard InChI is InChI=1S/C23H23BrN2O5/c1-31-22(29)15-2-8-18(9-3-15)26-20(27)14-19(21(26)28)25-12-10-23(30,11-13-25)16-4-6-17(24)7-5-16/h2-9,19,30H,10-14H2,1H3/p+1/t19-/m0/s1. The predicted molar refractivity (Wildman–Crippen MR) is 117 cm³/mol. The molecule has 2 amide bonds. The van der Waals surface area contributed by atoms with E-state index in [1.807, 2.05) is 24.3 Å². The molecule has 1 atom stereocenters. The van der Waals surface area contributed by atoms with Crippen LogP contribution in [0.2, 0.25) is 0 Å². The van der Waals surface area contributed by atoms with Gasteiger partial charge in [0.25, 0.3) is 5.91 Å². The van der Waals surface area contributed by atoms with Crippen molar-refractivity contribution in [2.45, 2.75) is 30.9 Å². The number of aliphatic hydroxyl groups is 1. The smallest absolute Gasteiger partial charge is 0.337 e. The van der Waals surface area contributed by atoms with Gasteiger partial charge in [-0.25, -0.2) is 9.69 Å². The largest absolute Gasteiger partial charge is 0.465 e. The number of benzene rings is 2. The van der Waals surface area contributed by atoms with Gasteiger partial charge in [0.2, 0.25) is 5.91 Å². The summed E-state index contributed by atoms with van der Waals surface area (Å²) in [6.07, 6.45) is 1.19. The molecule has 7 nitrogen and oxygen atoms in total. The van der Waals surface area contributed by atoms with Crippen LogP contribution in [0.25, 0.3) is 0 Å². The predicted octanol–water partition coefficient (Wildman–Crippen LogP) is 1.43. The van der Waals surface area contributed by atoms with Gasteiger partial charge in [0, 0.05) is 17.3 Å². The SMILES string of the molecule is COC(=O)c1ccc(N2C(=O)C[C@H]([NH+]3CCC(O)(c4ccc(Br)cc4)CC3)C2=O)cc1. The Bertz CT molecular complexity index is 998. The highest BCUT2D eigenvalue weighted by Crippen LogP contribution is 2.31. The molecule has 2 aliphatic heterocycles. The number of likely N-dealkylation sites (tertiary alicyclic amines) is 1. The molecule has 0 bridgehead atoms. The Morgan fingerprint density at radius 2 is 1.71 bits per heavy atom. The third kappa shape index (κ3) is 4.15. The summed E-state index contributed by atoms with van der Waals surface area (Å²) >= 11 is 3.41. The molecule has 0 aromatic heterocycles. The molecule has 0 unspecified atom stereocenters. The lowest BCUT2D eigenvalue weighted by Gasteiger charge is -2.38. The zero-order valence-electron chi connectivity index (χ0n) is 17.1. The van der Waals surface area contributed by atoms with Crippen LogP contribution in [-0.2, 0) is 19.9 Å². The van der Waals surface area contributed by atoms with Gasteiger partial charge in [0.1, 0.15) is 5.60 Å². The van der Waals surface area contributed by atoms with Gasteiger partial charge in [-0.1, -0.05) is 28.1 Å². The number of carbonyl (C=O) groups is 3. The van der Waals surface area contributed by atoms with E-state index in [4.69, 9.17) is 0 Å². The highest BCUT2D eigenvalue weighted by Gasteiger charge is 2.48. The number of imide groups is 1. The molecule has 2 aliphatic rings. The van der Waals surface area contributed by atoms with Crippen LogP contribution >= 0.6 is 15.9 Å². The molecule has 2 saturated heterocycles. The molecule has 2 fully saturated rings. The fourth-order valence-electron chi connectivity index (χ4n) is 4.47. The van der Waals surface area contributed by atoms with Crippen LogP contribution in [0, 0.1) is 0 Å². The number of halogens is 1. The van der Waals surface area contributed by atoms with Crippen molar-refractivity contribution in [1.82, 2.24) is 0 Å². The van der Waals surface area contributed by atoms with E-state index in [1.54, 1.807) is 24.3 Å². The molecular weight excluding hydrogens is 464 g/mol. The van der Waals surface area contributed by atoms with Crippen molar-refractivity contribution >= 4 is 39.4 Å². The van der Waals surface area contributed by atoms with Crippen molar-refractivity contribution in [3.8, 4) is 0 Å². The van der Waals surface area contributed by atoms with Gasteiger partial charge >= 0.3 is 5.97 Å². The first-order chi connectivity index (χ1) is 14.8. The topological polar surface area (TPSA) is 88.3 Å². The summed E-state index contributed by atoms with van der Waals surface area (Å²) in [5.74, 6) is -0.957. The van der Waals surface area contributed by atoms with Crippen molar-refractivity contribution in [3.63, 3.8) is 0 Å². The van der Waals surface area contributed by atoms with Crippen molar-refractivity contribution in [3.05, 3.63) is 64.1 Å². The number of carbonyl (C=O) groups excluding carboxylic acids is 3. The normalized spacial score (nSPS) is 26.2. The van der Waals surface area contributed by atoms with Crippen LogP contribution in [0.3, 0.4) is 0 Å². The number of nitrogens with zero attached hydrogens (tertiary/aromatic N) is 1. The number of amides is 2. The second kappa shape index (κ2) is 8.53. The number of quaternary nitrogens is 1. The van der Waals surface area contributed by atoms with Gasteiger partial charge < -0.3 is 14.7 Å². The molecule has 2 heterocycles. The quantitative estimate of drug-likeness (QED) is 0.503. The van der Waals surface area contributed by atoms with Crippen molar-refractivity contribution < 1.29 is 29.1 Å². The number of nitrogens with one attached hydrogen (secondary N) is 1. The Labute approximate surface area is 188 Å². The minimum absolute atomic E-state index is 0.142. The molecule has 2 N–H and O–H groups in total. The Morgan fingerprint density at radius 1 is 1.10 bits per heavy atom. The van der Waals surface area contributed by atoms with E-state index < -0.39 is 17.6 Å². The van der Waals surface area contributed by atoms with Gasteiger partial charge in [-0.3, -0.25) is 9.59 Å². The Morgan fingerprint density at radius 3 is 2.29 bits per heavy atom. The highest BCUT2D eigenvalue weighted by atomic mass is 79.9. The fraction of sp³-hybridized carbons (Fsp3) is 0.348. The Balaban J connectivity index is 1.45. The number of anilines is 1. The summed E-state index contributed by atoms with van der Waals surface area (Å²) in [5, 5.41) is 11.1. The molecule has 0 spiro atoms. The van der Waals surface area contributed by atoms with Gasteiger partial charge in [0.05, 0.1) is 37.9 Å². The number of methoxy groups -OCH3 is 1. The fourth-order valence-corrected chi connectivity index (χ4v) is 4.73. The molecule has 0 saturated carbocycles. The average Bonchev–Trinajstić information content (AvgIpc) is 3.08. The van der Waals surface area contributed by atoms with Gasteiger partial charge in [0.15, 0.2) is 6.04 Å². The molecule has 8 heteroatoms. The molecular formula is C23H24BrN2O5+. The van der Waals surface area contributed by atoms with Crippen molar-refractivity contribution in [2.75, 3.05) is 25.1 Å². The molecule has 0 aliphatic carbocycles. The number of hydrogen-bond acceptors (Lipinski definition) is 5. The summed E-state index contributed by atoms with van der Waals surface area (Å²) < 4.78 is 5.64. The zero-order valence-corrected chi connectivity index (χ0v) is 18.7. The lowest BCUT2D eigenvalue weighted by Crippen LogP contribution is -3.18. The summed E-state index contributed by atoms with van der Waals surface area (Å²) in [5.41, 5.74) is 0.763. The van der Waals surface area contributed by atoms with Crippen LogP contribution in [0.4, 0.5) is 5.69 Å². The van der Waals surface area contributed by atoms with E-state index in [0.717, 1.165) is 14.9 Å². The van der Waals surface area contributed by atoms with Gasteiger partial charge in [-0.05, 0) is 42.0 Å². The molecule has 31 heavy (non-hydrogen) atoms. The van der Waals surface area contributed by atoms with Crippen molar-refractivity contribution in [2.24, 2.45) is 0 Å². The van der Waals surface area contributed by atoms with E-state index >= 15 is 0 Å². The molecule has 4 rings (SSSR count). The maximum absolute atomic E-state index is 13.1. The van der Waals surface area contributed by atoms with Crippen LogP contribution in [0.5, 0.6) is 0 Å². The maximum Gasteiger partial charge on any atom is 0.337 e. The molecule has 162 valence electrons. The van der Waals surface area contributed by atoms with E-state index in [0.29, 0.717) is 37.2 Å². The minimum atomic E-state index is -0.917. The Kier molecular flexibility index (Phi) is 5.96. The summed E-state index contributed by atoms with van der Waals surface area (Å²) in [4.78, 5) is 39.6. The van der Waals surface area contributed by atoms with Crippen LogP contribution in [0.15, 0.2) is 53.0 Å². The average molecular weight is 488 g/mol.